The van der Waals surface area contributed by atoms with Crippen molar-refractivity contribution < 1.29 is 26.4 Å². The highest BCUT2D eigenvalue weighted by Gasteiger charge is 2.36. The molecule has 2 aromatic heterocycles. The van der Waals surface area contributed by atoms with Gasteiger partial charge >= 0.3 is 6.18 Å². The molecule has 0 saturated carbocycles. The van der Waals surface area contributed by atoms with Gasteiger partial charge in [0.25, 0.3) is 5.91 Å². The first-order chi connectivity index (χ1) is 11.7. The van der Waals surface area contributed by atoms with E-state index in [-0.39, 0.29) is 9.77 Å². The Morgan fingerprint density at radius 1 is 1.32 bits per heavy atom. The molecule has 25 heavy (non-hydrogen) atoms. The molecule has 3 heterocycles. The molecule has 136 valence electrons. The molecule has 0 unspecified atom stereocenters. The molecule has 1 fully saturated rings. The van der Waals surface area contributed by atoms with Gasteiger partial charge in [-0.15, -0.1) is 16.4 Å². The molecular formula is C12H12F3N5O3S2. The van der Waals surface area contributed by atoms with Crippen molar-refractivity contribution in [1.82, 2.24) is 19.5 Å². The van der Waals surface area contributed by atoms with Crippen LogP contribution in [0, 0.1) is 0 Å². The molecule has 0 aromatic carbocycles. The van der Waals surface area contributed by atoms with E-state index >= 15 is 0 Å². The van der Waals surface area contributed by atoms with Crippen LogP contribution in [0.5, 0.6) is 0 Å². The average Bonchev–Trinajstić information content (AvgIpc) is 3.27. The summed E-state index contributed by atoms with van der Waals surface area (Å²) in [5.41, 5.74) is 0. The fourth-order valence-corrected chi connectivity index (χ4v) is 5.15. The monoisotopic (exact) mass is 395 g/mol. The van der Waals surface area contributed by atoms with Crippen LogP contribution in [0.3, 0.4) is 0 Å². The predicted molar refractivity (Wildman–Crippen MR) is 81.6 cm³/mol. The van der Waals surface area contributed by atoms with E-state index in [1.807, 2.05) is 0 Å². The number of rotatable bonds is 4. The standard InChI is InChI=1S/C12H12F3N5O3S2/c13-12(14,15)10-17-11(19-18-10)16-9(21)8-7(3-6-24-8)25(22,23)20-4-1-2-5-20/h3,6H,1-2,4-5H2,(H2,16,17,18,19,21). The predicted octanol–water partition coefficient (Wildman–Crippen LogP) is 1.92. The van der Waals surface area contributed by atoms with Crippen LogP contribution in [0.25, 0.3) is 0 Å². The van der Waals surface area contributed by atoms with E-state index in [1.165, 1.54) is 15.8 Å². The molecule has 0 aliphatic carbocycles. The van der Waals surface area contributed by atoms with Gasteiger partial charge in [-0.2, -0.15) is 22.5 Å². The first-order valence-corrected chi connectivity index (χ1v) is 9.40. The number of aromatic nitrogens is 3. The molecule has 13 heteroatoms. The van der Waals surface area contributed by atoms with Gasteiger partial charge in [0, 0.05) is 13.1 Å². The number of H-pyrrole nitrogens is 1. The summed E-state index contributed by atoms with van der Waals surface area (Å²) in [5.74, 6) is -2.84. The van der Waals surface area contributed by atoms with E-state index in [9.17, 15) is 26.4 Å². The Morgan fingerprint density at radius 2 is 2.00 bits per heavy atom. The topological polar surface area (TPSA) is 108 Å². The first kappa shape index (κ1) is 17.8. The van der Waals surface area contributed by atoms with Gasteiger partial charge in [0.15, 0.2) is 0 Å². The summed E-state index contributed by atoms with van der Waals surface area (Å²) in [6.07, 6.45) is -3.26. The smallest absolute Gasteiger partial charge is 0.288 e. The largest absolute Gasteiger partial charge is 0.451 e. The number of hydrogen-bond donors (Lipinski definition) is 2. The Hall–Kier alpha value is -1.99. The van der Waals surface area contributed by atoms with Crippen LogP contribution >= 0.6 is 11.3 Å². The zero-order valence-electron chi connectivity index (χ0n) is 12.5. The Bertz CT molecular complexity index is 884. The van der Waals surface area contributed by atoms with E-state index in [1.54, 1.807) is 5.10 Å². The van der Waals surface area contributed by atoms with Crippen molar-refractivity contribution in [2.75, 3.05) is 18.4 Å². The number of halogens is 3. The Kier molecular flexibility index (Phi) is 4.55. The van der Waals surface area contributed by atoms with Crippen molar-refractivity contribution in [3.05, 3.63) is 22.1 Å². The number of hydrogen-bond acceptors (Lipinski definition) is 6. The van der Waals surface area contributed by atoms with E-state index in [2.05, 4.69) is 15.4 Å². The number of aromatic amines is 1. The molecule has 1 aliphatic heterocycles. The van der Waals surface area contributed by atoms with Crippen molar-refractivity contribution in [3.63, 3.8) is 0 Å². The maximum Gasteiger partial charge on any atom is 0.451 e. The third-order valence-corrected chi connectivity index (χ3v) is 6.48. The van der Waals surface area contributed by atoms with Crippen LogP contribution in [0.15, 0.2) is 16.3 Å². The number of nitrogens with one attached hydrogen (secondary N) is 2. The van der Waals surface area contributed by atoms with Gasteiger partial charge in [-0.3, -0.25) is 15.2 Å². The molecule has 0 radical (unpaired) electrons. The zero-order chi connectivity index (χ0) is 18.2. The van der Waals surface area contributed by atoms with Crippen LogP contribution in [-0.2, 0) is 16.2 Å². The second-order valence-electron chi connectivity index (χ2n) is 5.18. The molecule has 2 aromatic rings. The summed E-state index contributed by atoms with van der Waals surface area (Å²) in [6, 6.07) is 1.30. The fraction of sp³-hybridized carbons (Fsp3) is 0.417. The molecule has 2 N–H and O–H groups in total. The number of alkyl halides is 3. The molecular weight excluding hydrogens is 383 g/mol. The average molecular weight is 395 g/mol. The minimum Gasteiger partial charge on any atom is -0.288 e. The van der Waals surface area contributed by atoms with Gasteiger partial charge in [-0.1, -0.05) is 0 Å². The van der Waals surface area contributed by atoms with Crippen molar-refractivity contribution in [2.24, 2.45) is 0 Å². The van der Waals surface area contributed by atoms with Gasteiger partial charge in [-0.25, -0.2) is 8.42 Å². The number of anilines is 1. The highest BCUT2D eigenvalue weighted by Crippen LogP contribution is 2.29. The molecule has 1 saturated heterocycles. The van der Waals surface area contributed by atoms with Crippen LogP contribution < -0.4 is 5.32 Å². The SMILES string of the molecule is O=C(Nc1n[nH]c(C(F)(F)F)n1)c1sccc1S(=O)(=O)N1CCCC1. The number of amides is 1. The van der Waals surface area contributed by atoms with Crippen LogP contribution in [-0.4, -0.2) is 46.9 Å². The van der Waals surface area contributed by atoms with Crippen LogP contribution in [0.2, 0.25) is 0 Å². The lowest BCUT2D eigenvalue weighted by atomic mass is 10.4. The summed E-state index contributed by atoms with van der Waals surface area (Å²) in [4.78, 5) is 15.1. The minimum absolute atomic E-state index is 0.134. The lowest BCUT2D eigenvalue weighted by Crippen LogP contribution is -2.29. The number of carbonyl (C=O) groups is 1. The van der Waals surface area contributed by atoms with Crippen molar-refractivity contribution in [2.45, 2.75) is 23.9 Å². The molecule has 8 nitrogen and oxygen atoms in total. The summed E-state index contributed by atoms with van der Waals surface area (Å²) in [5, 5.41) is 8.42. The number of sulfonamides is 1. The molecule has 1 aliphatic rings. The second kappa shape index (κ2) is 6.38. The van der Waals surface area contributed by atoms with E-state index in [0.29, 0.717) is 13.1 Å². The Labute approximate surface area is 144 Å². The van der Waals surface area contributed by atoms with Gasteiger partial charge in [0.1, 0.15) is 9.77 Å². The second-order valence-corrected chi connectivity index (χ2v) is 8.01. The third-order valence-electron chi connectivity index (χ3n) is 3.50. The van der Waals surface area contributed by atoms with Gasteiger partial charge in [-0.05, 0) is 24.3 Å². The van der Waals surface area contributed by atoms with E-state index < -0.39 is 33.9 Å². The highest BCUT2D eigenvalue weighted by atomic mass is 32.2. The van der Waals surface area contributed by atoms with E-state index in [0.717, 1.165) is 24.2 Å². The highest BCUT2D eigenvalue weighted by molar-refractivity contribution is 7.89. The zero-order valence-corrected chi connectivity index (χ0v) is 14.1. The lowest BCUT2D eigenvalue weighted by Gasteiger charge is -2.15. The van der Waals surface area contributed by atoms with Crippen LogP contribution in [0.1, 0.15) is 28.3 Å². The molecule has 3 rings (SSSR count). The Morgan fingerprint density at radius 3 is 2.60 bits per heavy atom. The lowest BCUT2D eigenvalue weighted by molar-refractivity contribution is -0.144. The van der Waals surface area contributed by atoms with Crippen molar-refractivity contribution in [3.8, 4) is 0 Å². The maximum atomic E-state index is 12.6. The van der Waals surface area contributed by atoms with Crippen molar-refractivity contribution >= 4 is 33.2 Å². The van der Waals surface area contributed by atoms with Crippen molar-refractivity contribution in [1.29, 1.82) is 0 Å². The molecule has 0 atom stereocenters. The minimum atomic E-state index is -4.73. The normalized spacial score (nSPS) is 16.3. The number of thiophene rings is 1. The quantitative estimate of drug-likeness (QED) is 0.822. The summed E-state index contributed by atoms with van der Waals surface area (Å²) in [7, 11) is -3.83. The summed E-state index contributed by atoms with van der Waals surface area (Å²) < 4.78 is 63.9. The van der Waals surface area contributed by atoms with Gasteiger partial charge in [0.05, 0.1) is 0 Å². The number of carbonyl (C=O) groups excluding carboxylic acids is 1. The van der Waals surface area contributed by atoms with Gasteiger partial charge < -0.3 is 0 Å². The summed E-state index contributed by atoms with van der Waals surface area (Å²) in [6.45, 7) is 0.740. The van der Waals surface area contributed by atoms with Gasteiger partial charge in [0.2, 0.25) is 21.8 Å². The third kappa shape index (κ3) is 3.52. The van der Waals surface area contributed by atoms with E-state index in [4.69, 9.17) is 0 Å². The maximum absolute atomic E-state index is 12.6. The molecule has 0 spiro atoms. The van der Waals surface area contributed by atoms with Crippen LogP contribution in [0.4, 0.5) is 19.1 Å². The Balaban J connectivity index is 1.82. The fourth-order valence-electron chi connectivity index (χ4n) is 2.34. The molecule has 1 amide bonds. The summed E-state index contributed by atoms with van der Waals surface area (Å²) >= 11 is 0.869. The first-order valence-electron chi connectivity index (χ1n) is 7.08. The number of nitrogens with zero attached hydrogens (tertiary/aromatic N) is 3. The molecule has 0 bridgehead atoms.